The number of hydrogen-bond donors (Lipinski definition) is 0. The molecule has 2 heterocycles. The lowest BCUT2D eigenvalue weighted by molar-refractivity contribution is -0.131. The van der Waals surface area contributed by atoms with E-state index in [1.54, 1.807) is 15.6 Å². The van der Waals surface area contributed by atoms with Crippen LogP contribution in [0, 0.1) is 5.92 Å². The number of allylic oxidation sites excluding steroid dienone is 1. The lowest BCUT2D eigenvalue weighted by Crippen LogP contribution is -2.33. The van der Waals surface area contributed by atoms with Crippen molar-refractivity contribution in [2.24, 2.45) is 13.0 Å². The van der Waals surface area contributed by atoms with E-state index >= 15 is 0 Å². The number of carbonyl (C=O) groups is 1. The molecule has 0 saturated carbocycles. The standard InChI is InChI=1S/C25H33N5O2/c1-6-29(21(31)16-19(4)18(2)3)14-10-11-15-30-17-26-22-23(25(30)32)27-28(5)24(22)20-12-8-7-9-13-20/h7-9,12-13,17,19H,2,6,10-11,14-16H2,1,3-5H3/t19-/m1/s1. The van der Waals surface area contributed by atoms with E-state index in [1.807, 2.05) is 63.1 Å². The number of carbonyl (C=O) groups excluding carboxylic acids is 1. The van der Waals surface area contributed by atoms with Gasteiger partial charge in [0.15, 0.2) is 5.52 Å². The average molecular weight is 436 g/mol. The molecule has 1 amide bonds. The van der Waals surface area contributed by atoms with Gasteiger partial charge < -0.3 is 4.90 Å². The predicted molar refractivity (Wildman–Crippen MR) is 128 cm³/mol. The molecule has 2 aromatic heterocycles. The van der Waals surface area contributed by atoms with Crippen molar-refractivity contribution in [2.45, 2.75) is 46.6 Å². The summed E-state index contributed by atoms with van der Waals surface area (Å²) in [6.07, 6.45) is 3.71. The molecule has 0 unspecified atom stereocenters. The van der Waals surface area contributed by atoms with E-state index in [9.17, 15) is 9.59 Å². The first-order chi connectivity index (χ1) is 15.3. The number of nitrogens with zero attached hydrogens (tertiary/aromatic N) is 5. The minimum absolute atomic E-state index is 0.133. The van der Waals surface area contributed by atoms with E-state index in [4.69, 9.17) is 0 Å². The molecule has 0 aliphatic heterocycles. The van der Waals surface area contributed by atoms with Gasteiger partial charge in [-0.05, 0) is 32.6 Å². The van der Waals surface area contributed by atoms with Gasteiger partial charge in [-0.1, -0.05) is 49.4 Å². The Morgan fingerprint density at radius 1 is 1.19 bits per heavy atom. The van der Waals surface area contributed by atoms with Crippen LogP contribution in [0.25, 0.3) is 22.3 Å². The van der Waals surface area contributed by atoms with Crippen molar-refractivity contribution in [1.29, 1.82) is 0 Å². The van der Waals surface area contributed by atoms with E-state index in [2.05, 4.69) is 16.7 Å². The van der Waals surface area contributed by atoms with E-state index < -0.39 is 0 Å². The zero-order valence-electron chi connectivity index (χ0n) is 19.5. The highest BCUT2D eigenvalue weighted by molar-refractivity contribution is 5.89. The molecule has 0 aliphatic rings. The summed E-state index contributed by atoms with van der Waals surface area (Å²) in [6.45, 7) is 11.8. The summed E-state index contributed by atoms with van der Waals surface area (Å²) in [7, 11) is 1.83. The van der Waals surface area contributed by atoms with Crippen LogP contribution in [0.2, 0.25) is 0 Å². The number of hydrogen-bond acceptors (Lipinski definition) is 4. The molecule has 3 aromatic rings. The fourth-order valence-electron chi connectivity index (χ4n) is 3.78. The largest absolute Gasteiger partial charge is 0.343 e. The molecule has 7 heteroatoms. The summed E-state index contributed by atoms with van der Waals surface area (Å²) in [5.74, 6) is 0.345. The predicted octanol–water partition coefficient (Wildman–Crippen LogP) is 4.03. The molecule has 170 valence electrons. The SMILES string of the molecule is C=C(C)[C@H](C)CC(=O)N(CC)CCCCn1cnc2c(-c3ccccc3)n(C)nc2c1=O. The Hall–Kier alpha value is -3.22. The first kappa shape index (κ1) is 23.4. The summed E-state index contributed by atoms with van der Waals surface area (Å²) in [6, 6.07) is 9.85. The minimum atomic E-state index is -0.133. The number of aromatic nitrogens is 4. The second-order valence-corrected chi connectivity index (χ2v) is 8.41. The second kappa shape index (κ2) is 10.4. The van der Waals surface area contributed by atoms with Gasteiger partial charge in [0.25, 0.3) is 5.56 Å². The van der Waals surface area contributed by atoms with Gasteiger partial charge in [-0.2, -0.15) is 5.10 Å². The quantitative estimate of drug-likeness (QED) is 0.356. The molecular formula is C25H33N5O2. The zero-order chi connectivity index (χ0) is 23.3. The third kappa shape index (κ3) is 5.15. The smallest absolute Gasteiger partial charge is 0.281 e. The number of amides is 1. The van der Waals surface area contributed by atoms with Crippen LogP contribution in [-0.2, 0) is 18.4 Å². The fraction of sp³-hybridized carbons (Fsp3) is 0.440. The summed E-state index contributed by atoms with van der Waals surface area (Å²) >= 11 is 0. The molecule has 0 aliphatic carbocycles. The number of unbranched alkanes of at least 4 members (excludes halogenated alkanes) is 1. The van der Waals surface area contributed by atoms with E-state index in [-0.39, 0.29) is 17.4 Å². The van der Waals surface area contributed by atoms with E-state index in [0.717, 1.165) is 29.7 Å². The number of aryl methyl sites for hydroxylation is 2. The van der Waals surface area contributed by atoms with Gasteiger partial charge in [-0.25, -0.2) is 4.98 Å². The highest BCUT2D eigenvalue weighted by atomic mass is 16.2. The lowest BCUT2D eigenvalue weighted by Gasteiger charge is -2.23. The topological polar surface area (TPSA) is 73.0 Å². The monoisotopic (exact) mass is 435 g/mol. The van der Waals surface area contributed by atoms with Gasteiger partial charge in [0.2, 0.25) is 5.91 Å². The molecule has 0 saturated heterocycles. The van der Waals surface area contributed by atoms with Crippen LogP contribution in [0.4, 0.5) is 0 Å². The maximum absolute atomic E-state index is 13.0. The molecule has 0 fully saturated rings. The van der Waals surface area contributed by atoms with Gasteiger partial charge in [0.05, 0.1) is 12.0 Å². The minimum Gasteiger partial charge on any atom is -0.343 e. The van der Waals surface area contributed by atoms with Crippen molar-refractivity contribution in [3.05, 3.63) is 59.2 Å². The van der Waals surface area contributed by atoms with Crippen molar-refractivity contribution in [3.63, 3.8) is 0 Å². The fourth-order valence-corrected chi connectivity index (χ4v) is 3.78. The van der Waals surface area contributed by atoms with Gasteiger partial charge in [0.1, 0.15) is 5.52 Å². The summed E-state index contributed by atoms with van der Waals surface area (Å²) in [4.78, 5) is 31.9. The Balaban J connectivity index is 1.65. The van der Waals surface area contributed by atoms with Gasteiger partial charge in [-0.15, -0.1) is 0 Å². The number of fused-ring (bicyclic) bond motifs is 1. The summed E-state index contributed by atoms with van der Waals surface area (Å²) in [5.41, 5.74) is 3.72. The van der Waals surface area contributed by atoms with Crippen LogP contribution in [0.15, 0.2) is 53.6 Å². The number of benzene rings is 1. The van der Waals surface area contributed by atoms with Crippen LogP contribution in [0.5, 0.6) is 0 Å². The number of rotatable bonds is 10. The van der Waals surface area contributed by atoms with Crippen molar-refractivity contribution in [1.82, 2.24) is 24.2 Å². The third-order valence-corrected chi connectivity index (χ3v) is 5.99. The highest BCUT2D eigenvalue weighted by Gasteiger charge is 2.17. The van der Waals surface area contributed by atoms with Crippen LogP contribution in [-0.4, -0.2) is 43.2 Å². The highest BCUT2D eigenvalue weighted by Crippen LogP contribution is 2.24. The van der Waals surface area contributed by atoms with Gasteiger partial charge in [0, 0.05) is 38.7 Å². The van der Waals surface area contributed by atoms with Crippen LogP contribution < -0.4 is 5.56 Å². The third-order valence-electron chi connectivity index (χ3n) is 5.99. The maximum atomic E-state index is 13.0. The molecule has 0 radical (unpaired) electrons. The first-order valence-electron chi connectivity index (χ1n) is 11.2. The summed E-state index contributed by atoms with van der Waals surface area (Å²) < 4.78 is 3.33. The maximum Gasteiger partial charge on any atom is 0.281 e. The Morgan fingerprint density at radius 3 is 2.56 bits per heavy atom. The molecule has 32 heavy (non-hydrogen) atoms. The van der Waals surface area contributed by atoms with Crippen molar-refractivity contribution >= 4 is 16.9 Å². The molecule has 0 spiro atoms. The molecule has 0 N–H and O–H groups in total. The van der Waals surface area contributed by atoms with Crippen molar-refractivity contribution < 1.29 is 4.79 Å². The molecule has 7 nitrogen and oxygen atoms in total. The van der Waals surface area contributed by atoms with Gasteiger partial charge in [-0.3, -0.25) is 18.8 Å². The Kier molecular flexibility index (Phi) is 7.62. The van der Waals surface area contributed by atoms with Crippen molar-refractivity contribution in [3.8, 4) is 11.3 Å². The normalized spacial score (nSPS) is 12.1. The van der Waals surface area contributed by atoms with Crippen molar-refractivity contribution in [2.75, 3.05) is 13.1 Å². The molecule has 0 bridgehead atoms. The Morgan fingerprint density at radius 2 is 1.91 bits per heavy atom. The van der Waals surface area contributed by atoms with Crippen LogP contribution in [0.1, 0.15) is 40.0 Å². The van der Waals surface area contributed by atoms with Crippen LogP contribution in [0.3, 0.4) is 0 Å². The Bertz CT molecular complexity index is 1150. The molecule has 1 atom stereocenters. The van der Waals surface area contributed by atoms with E-state index in [1.165, 1.54) is 0 Å². The molecule has 1 aromatic carbocycles. The van der Waals surface area contributed by atoms with Gasteiger partial charge >= 0.3 is 0 Å². The van der Waals surface area contributed by atoms with E-state index in [0.29, 0.717) is 37.1 Å². The Labute approximate surface area is 189 Å². The summed E-state index contributed by atoms with van der Waals surface area (Å²) in [5, 5.41) is 4.45. The molecule has 3 rings (SSSR count). The zero-order valence-corrected chi connectivity index (χ0v) is 19.5. The second-order valence-electron chi connectivity index (χ2n) is 8.41. The average Bonchev–Trinajstić information content (AvgIpc) is 3.12. The first-order valence-corrected chi connectivity index (χ1v) is 11.2. The lowest BCUT2D eigenvalue weighted by atomic mass is 10.00. The molecular weight excluding hydrogens is 402 g/mol. The van der Waals surface area contributed by atoms with Crippen LogP contribution >= 0.6 is 0 Å².